The lowest BCUT2D eigenvalue weighted by atomic mass is 10.1. The summed E-state index contributed by atoms with van der Waals surface area (Å²) in [5.74, 6) is 6.97. The maximum atomic E-state index is 12.4. The number of amides is 1. The second kappa shape index (κ2) is 6.01. The van der Waals surface area contributed by atoms with Gasteiger partial charge in [-0.15, -0.1) is 0 Å². The molecule has 0 aliphatic heterocycles. The molecule has 0 saturated carbocycles. The van der Waals surface area contributed by atoms with Crippen LogP contribution in [0.4, 0.5) is 5.69 Å². The smallest absolute Gasteiger partial charge is 0.253 e. The van der Waals surface area contributed by atoms with Crippen LogP contribution in [0.5, 0.6) is 0 Å². The van der Waals surface area contributed by atoms with Crippen LogP contribution in [0.15, 0.2) is 28.7 Å². The van der Waals surface area contributed by atoms with Gasteiger partial charge in [0.25, 0.3) is 5.91 Å². The average Bonchev–Trinajstić information content (AvgIpc) is 2.77. The van der Waals surface area contributed by atoms with Crippen LogP contribution in [0.2, 0.25) is 0 Å². The normalized spacial score (nSPS) is 12.0. The van der Waals surface area contributed by atoms with Crippen LogP contribution >= 0.6 is 0 Å². The predicted molar refractivity (Wildman–Crippen MR) is 83.1 cm³/mol. The molecule has 1 aromatic carbocycles. The molecule has 0 saturated heterocycles. The van der Waals surface area contributed by atoms with Crippen molar-refractivity contribution < 1.29 is 9.21 Å². The van der Waals surface area contributed by atoms with Gasteiger partial charge in [0.2, 0.25) is 0 Å². The number of anilines is 1. The molecule has 21 heavy (non-hydrogen) atoms. The van der Waals surface area contributed by atoms with Gasteiger partial charge in [0.1, 0.15) is 11.5 Å². The molecule has 1 unspecified atom stereocenters. The van der Waals surface area contributed by atoms with E-state index in [1.54, 1.807) is 6.07 Å². The van der Waals surface area contributed by atoms with Gasteiger partial charge in [-0.25, -0.2) is 0 Å². The maximum absolute atomic E-state index is 12.4. The second-order valence-corrected chi connectivity index (χ2v) is 5.26. The molecule has 0 fully saturated rings. The molecule has 2 aromatic rings. The number of nitrogen functional groups attached to an aromatic ring is 1. The van der Waals surface area contributed by atoms with Gasteiger partial charge in [0, 0.05) is 5.56 Å². The molecule has 1 heterocycles. The third-order valence-corrected chi connectivity index (χ3v) is 3.47. The molecule has 2 rings (SSSR count). The van der Waals surface area contributed by atoms with Crippen molar-refractivity contribution in [3.8, 4) is 0 Å². The number of benzene rings is 1. The minimum absolute atomic E-state index is 0.137. The van der Waals surface area contributed by atoms with E-state index in [2.05, 4.69) is 10.7 Å². The number of furan rings is 1. The van der Waals surface area contributed by atoms with Gasteiger partial charge < -0.3 is 15.2 Å². The number of nitrogens with two attached hydrogens (primary N) is 1. The summed E-state index contributed by atoms with van der Waals surface area (Å²) in [6.45, 7) is 7.66. The lowest BCUT2D eigenvalue weighted by molar-refractivity contribution is 0.0940. The van der Waals surface area contributed by atoms with Crippen molar-refractivity contribution >= 4 is 11.6 Å². The minimum Gasteiger partial charge on any atom is -0.466 e. The summed E-state index contributed by atoms with van der Waals surface area (Å²) in [6.07, 6.45) is 0. The molecule has 1 amide bonds. The second-order valence-electron chi connectivity index (χ2n) is 5.26. The fraction of sp³-hybridized carbons (Fsp3) is 0.312. The summed E-state index contributed by atoms with van der Waals surface area (Å²) in [5, 5.41) is 2.97. The van der Waals surface area contributed by atoms with E-state index in [-0.39, 0.29) is 11.9 Å². The number of nitrogens with one attached hydrogen (secondary N) is 2. The lowest BCUT2D eigenvalue weighted by Gasteiger charge is -2.15. The van der Waals surface area contributed by atoms with Gasteiger partial charge in [-0.2, -0.15) is 0 Å². The molecule has 1 aromatic heterocycles. The zero-order chi connectivity index (χ0) is 15.6. The lowest BCUT2D eigenvalue weighted by Crippen LogP contribution is -2.28. The highest BCUT2D eigenvalue weighted by Gasteiger charge is 2.17. The average molecular weight is 287 g/mol. The Kier molecular flexibility index (Phi) is 4.33. The van der Waals surface area contributed by atoms with Crippen LogP contribution in [-0.2, 0) is 0 Å². The van der Waals surface area contributed by atoms with E-state index >= 15 is 0 Å². The van der Waals surface area contributed by atoms with Crippen molar-refractivity contribution in [3.63, 3.8) is 0 Å². The van der Waals surface area contributed by atoms with Gasteiger partial charge in [0.05, 0.1) is 17.3 Å². The van der Waals surface area contributed by atoms with E-state index < -0.39 is 0 Å². The Morgan fingerprint density at radius 3 is 2.52 bits per heavy atom. The van der Waals surface area contributed by atoms with E-state index in [1.165, 1.54) is 0 Å². The standard InChI is InChI=1S/C16H21N3O2/c1-9-5-6-13(15(7-9)19-17)16(20)18-11(3)14-8-10(2)21-12(14)4/h5-8,11,19H,17H2,1-4H3,(H,18,20). The zero-order valence-electron chi connectivity index (χ0n) is 12.8. The molecule has 5 heteroatoms. The highest BCUT2D eigenvalue weighted by Crippen LogP contribution is 2.23. The fourth-order valence-electron chi connectivity index (χ4n) is 2.41. The molecule has 0 radical (unpaired) electrons. The number of aryl methyl sites for hydroxylation is 3. The summed E-state index contributed by atoms with van der Waals surface area (Å²) in [4.78, 5) is 12.4. The number of hydrogen-bond donors (Lipinski definition) is 3. The molecule has 1 atom stereocenters. The van der Waals surface area contributed by atoms with Crippen molar-refractivity contribution in [1.82, 2.24) is 5.32 Å². The first-order valence-electron chi connectivity index (χ1n) is 6.87. The van der Waals surface area contributed by atoms with E-state index in [0.717, 1.165) is 22.6 Å². The number of carbonyl (C=O) groups is 1. The highest BCUT2D eigenvalue weighted by molar-refractivity contribution is 5.99. The van der Waals surface area contributed by atoms with E-state index in [0.29, 0.717) is 11.3 Å². The summed E-state index contributed by atoms with van der Waals surface area (Å²) in [7, 11) is 0. The summed E-state index contributed by atoms with van der Waals surface area (Å²) >= 11 is 0. The largest absolute Gasteiger partial charge is 0.466 e. The Balaban J connectivity index is 2.20. The van der Waals surface area contributed by atoms with Crippen molar-refractivity contribution in [2.75, 3.05) is 5.43 Å². The third kappa shape index (κ3) is 3.25. The van der Waals surface area contributed by atoms with Gasteiger partial charge in [-0.1, -0.05) is 6.07 Å². The number of hydrogen-bond acceptors (Lipinski definition) is 4. The summed E-state index contributed by atoms with van der Waals surface area (Å²) in [6, 6.07) is 7.29. The van der Waals surface area contributed by atoms with E-state index in [1.807, 2.05) is 45.9 Å². The monoisotopic (exact) mass is 287 g/mol. The predicted octanol–water partition coefficient (Wildman–Crippen LogP) is 2.98. The molecule has 0 aliphatic carbocycles. The summed E-state index contributed by atoms with van der Waals surface area (Å²) in [5.41, 5.74) is 5.72. The third-order valence-electron chi connectivity index (χ3n) is 3.47. The van der Waals surface area contributed by atoms with Gasteiger partial charge in [0.15, 0.2) is 0 Å². The number of hydrazine groups is 1. The Labute approximate surface area is 124 Å². The first-order chi connectivity index (χ1) is 9.92. The van der Waals surface area contributed by atoms with Gasteiger partial charge in [-0.05, 0) is 51.5 Å². The number of rotatable bonds is 4. The van der Waals surface area contributed by atoms with Crippen LogP contribution in [0.25, 0.3) is 0 Å². The Hall–Kier alpha value is -2.27. The van der Waals surface area contributed by atoms with Crippen molar-refractivity contribution in [2.45, 2.75) is 33.7 Å². The Morgan fingerprint density at radius 1 is 1.24 bits per heavy atom. The van der Waals surface area contributed by atoms with Crippen molar-refractivity contribution in [2.24, 2.45) is 5.84 Å². The van der Waals surface area contributed by atoms with E-state index in [9.17, 15) is 4.79 Å². The topological polar surface area (TPSA) is 80.3 Å². The van der Waals surface area contributed by atoms with Crippen molar-refractivity contribution in [3.05, 3.63) is 52.5 Å². The molecule has 0 bridgehead atoms. The minimum atomic E-state index is -0.172. The Bertz CT molecular complexity index is 662. The molecule has 5 nitrogen and oxygen atoms in total. The van der Waals surface area contributed by atoms with Crippen LogP contribution in [0.1, 0.15) is 46.0 Å². The fourth-order valence-corrected chi connectivity index (χ4v) is 2.41. The van der Waals surface area contributed by atoms with E-state index in [4.69, 9.17) is 10.3 Å². The molecular weight excluding hydrogens is 266 g/mol. The van der Waals surface area contributed by atoms with Crippen LogP contribution in [0.3, 0.4) is 0 Å². The first-order valence-corrected chi connectivity index (χ1v) is 6.87. The first kappa shape index (κ1) is 15.1. The van der Waals surface area contributed by atoms with Crippen molar-refractivity contribution in [1.29, 1.82) is 0 Å². The molecular formula is C16H21N3O2. The molecule has 112 valence electrons. The quantitative estimate of drug-likeness (QED) is 0.596. The van der Waals surface area contributed by atoms with Crippen LogP contribution in [0, 0.1) is 20.8 Å². The maximum Gasteiger partial charge on any atom is 0.253 e. The molecule has 0 aliphatic rings. The Morgan fingerprint density at radius 2 is 1.95 bits per heavy atom. The zero-order valence-corrected chi connectivity index (χ0v) is 12.8. The summed E-state index contributed by atoms with van der Waals surface area (Å²) < 4.78 is 5.50. The van der Waals surface area contributed by atoms with Crippen LogP contribution < -0.4 is 16.6 Å². The molecule has 0 spiro atoms. The van der Waals surface area contributed by atoms with Crippen LogP contribution in [-0.4, -0.2) is 5.91 Å². The number of carbonyl (C=O) groups excluding carboxylic acids is 1. The SMILES string of the molecule is Cc1ccc(C(=O)NC(C)c2cc(C)oc2C)c(NN)c1. The molecule has 4 N–H and O–H groups in total. The van der Waals surface area contributed by atoms with Gasteiger partial charge in [-0.3, -0.25) is 10.6 Å². The highest BCUT2D eigenvalue weighted by atomic mass is 16.3. The van der Waals surface area contributed by atoms with Gasteiger partial charge >= 0.3 is 0 Å².